The zero-order valence-corrected chi connectivity index (χ0v) is 21.1. The van der Waals surface area contributed by atoms with Gasteiger partial charge in [0.1, 0.15) is 11.5 Å². The zero-order chi connectivity index (χ0) is 25.2. The molecule has 5 heteroatoms. The molecule has 4 aromatic rings. The molecule has 0 saturated heterocycles. The van der Waals surface area contributed by atoms with E-state index in [0.717, 1.165) is 35.6 Å². The molecule has 0 aliphatic heterocycles. The van der Waals surface area contributed by atoms with Gasteiger partial charge < -0.3 is 19.7 Å². The van der Waals surface area contributed by atoms with Gasteiger partial charge in [0.25, 0.3) is 0 Å². The van der Waals surface area contributed by atoms with Crippen molar-refractivity contribution in [2.24, 2.45) is 0 Å². The maximum atomic E-state index is 13.2. The summed E-state index contributed by atoms with van der Waals surface area (Å²) in [7, 11) is 3.31. The Morgan fingerprint density at radius 3 is 1.92 bits per heavy atom. The van der Waals surface area contributed by atoms with Gasteiger partial charge in [-0.3, -0.25) is 4.79 Å². The Balaban J connectivity index is 1.34. The van der Waals surface area contributed by atoms with Crippen LogP contribution in [-0.2, 0) is 24.3 Å². The van der Waals surface area contributed by atoms with E-state index in [1.165, 1.54) is 16.3 Å². The minimum absolute atomic E-state index is 0.124. The Bertz CT molecular complexity index is 1200. The number of carbonyl (C=O) groups excluding carboxylic acids is 1. The van der Waals surface area contributed by atoms with Crippen LogP contribution in [0.4, 0.5) is 0 Å². The fourth-order valence-corrected chi connectivity index (χ4v) is 4.35. The zero-order valence-electron chi connectivity index (χ0n) is 21.1. The third-order valence-corrected chi connectivity index (χ3v) is 6.38. The Labute approximate surface area is 213 Å². The van der Waals surface area contributed by atoms with Crippen LogP contribution in [0.5, 0.6) is 11.5 Å². The van der Waals surface area contributed by atoms with Crippen LogP contribution in [0.2, 0.25) is 0 Å². The second-order valence-corrected chi connectivity index (χ2v) is 8.83. The molecule has 4 aromatic carbocycles. The van der Waals surface area contributed by atoms with Crippen LogP contribution in [0.25, 0.3) is 10.8 Å². The topological polar surface area (TPSA) is 50.8 Å². The molecular formula is C31H34N2O3. The Kier molecular flexibility index (Phi) is 8.95. The lowest BCUT2D eigenvalue weighted by atomic mass is 10.0. The minimum atomic E-state index is 0.124. The molecule has 0 fully saturated rings. The van der Waals surface area contributed by atoms with Crippen molar-refractivity contribution in [2.75, 3.05) is 27.3 Å². The molecule has 0 saturated carbocycles. The number of nitrogens with zero attached hydrogens (tertiary/aromatic N) is 1. The summed E-state index contributed by atoms with van der Waals surface area (Å²) in [6.45, 7) is 2.57. The van der Waals surface area contributed by atoms with Gasteiger partial charge in [-0.05, 0) is 64.7 Å². The number of hydrogen-bond donors (Lipinski definition) is 1. The lowest BCUT2D eigenvalue weighted by molar-refractivity contribution is -0.132. The summed E-state index contributed by atoms with van der Waals surface area (Å²) in [6, 6.07) is 30.7. The molecule has 1 N–H and O–H groups in total. The molecule has 0 heterocycles. The highest BCUT2D eigenvalue weighted by atomic mass is 16.5. The first kappa shape index (κ1) is 25.3. The van der Waals surface area contributed by atoms with E-state index in [2.05, 4.69) is 47.8 Å². The van der Waals surface area contributed by atoms with Gasteiger partial charge in [0.2, 0.25) is 5.91 Å². The number of hydrogen-bond acceptors (Lipinski definition) is 4. The van der Waals surface area contributed by atoms with Gasteiger partial charge in [-0.2, -0.15) is 0 Å². The molecular weight excluding hydrogens is 448 g/mol. The molecule has 0 radical (unpaired) electrons. The van der Waals surface area contributed by atoms with E-state index in [9.17, 15) is 4.79 Å². The number of ether oxygens (including phenoxy) is 2. The fourth-order valence-electron chi connectivity index (χ4n) is 4.35. The van der Waals surface area contributed by atoms with Gasteiger partial charge in [0.15, 0.2) is 0 Å². The first-order valence-electron chi connectivity index (χ1n) is 12.4. The van der Waals surface area contributed by atoms with Crippen LogP contribution in [0.3, 0.4) is 0 Å². The average molecular weight is 483 g/mol. The molecule has 36 heavy (non-hydrogen) atoms. The molecule has 0 unspecified atom stereocenters. The molecule has 0 atom stereocenters. The number of rotatable bonds is 12. The number of nitrogens with one attached hydrogen (secondary N) is 1. The van der Waals surface area contributed by atoms with E-state index in [1.54, 1.807) is 14.2 Å². The first-order valence-corrected chi connectivity index (χ1v) is 12.4. The number of methoxy groups -OCH3 is 2. The predicted octanol–water partition coefficient (Wildman–Crippen LogP) is 5.61. The highest BCUT2D eigenvalue weighted by molar-refractivity contribution is 5.85. The van der Waals surface area contributed by atoms with Crippen molar-refractivity contribution < 1.29 is 14.3 Å². The van der Waals surface area contributed by atoms with Gasteiger partial charge >= 0.3 is 0 Å². The highest BCUT2D eigenvalue weighted by Gasteiger charge is 2.15. The number of carbonyl (C=O) groups is 1. The van der Waals surface area contributed by atoms with Crippen LogP contribution in [-0.4, -0.2) is 38.1 Å². The molecule has 4 rings (SSSR count). The van der Waals surface area contributed by atoms with E-state index < -0.39 is 0 Å². The SMILES string of the molecule is COc1ccc(CN(Cc2ccc(OC)cc2)C(=O)CCNCCc2cccc3ccccc23)cc1. The monoisotopic (exact) mass is 482 g/mol. The maximum absolute atomic E-state index is 13.2. The fraction of sp³-hybridized carbons (Fsp3) is 0.258. The van der Waals surface area contributed by atoms with Crippen LogP contribution < -0.4 is 14.8 Å². The minimum Gasteiger partial charge on any atom is -0.497 e. The largest absolute Gasteiger partial charge is 0.497 e. The summed E-state index contributed by atoms with van der Waals surface area (Å²) in [5, 5.41) is 6.02. The molecule has 186 valence electrons. The summed E-state index contributed by atoms with van der Waals surface area (Å²) < 4.78 is 10.5. The van der Waals surface area contributed by atoms with E-state index in [0.29, 0.717) is 26.1 Å². The van der Waals surface area contributed by atoms with Crippen molar-refractivity contribution in [3.63, 3.8) is 0 Å². The van der Waals surface area contributed by atoms with Gasteiger partial charge in [-0.25, -0.2) is 0 Å². The van der Waals surface area contributed by atoms with E-state index in [4.69, 9.17) is 9.47 Å². The summed E-state index contributed by atoms with van der Waals surface area (Å²) in [5.41, 5.74) is 3.47. The van der Waals surface area contributed by atoms with Crippen molar-refractivity contribution >= 4 is 16.7 Å². The Hall–Kier alpha value is -3.83. The van der Waals surface area contributed by atoms with Crippen LogP contribution in [0.1, 0.15) is 23.1 Å². The van der Waals surface area contributed by atoms with E-state index >= 15 is 0 Å². The molecule has 5 nitrogen and oxygen atoms in total. The average Bonchev–Trinajstić information content (AvgIpc) is 2.93. The van der Waals surface area contributed by atoms with Gasteiger partial charge in [-0.15, -0.1) is 0 Å². The first-order chi connectivity index (χ1) is 17.7. The summed E-state index contributed by atoms with van der Waals surface area (Å²) in [6.07, 6.45) is 1.37. The van der Waals surface area contributed by atoms with Crippen LogP contribution in [0, 0.1) is 0 Å². The number of fused-ring (bicyclic) bond motifs is 1. The van der Waals surface area contributed by atoms with Crippen molar-refractivity contribution in [3.8, 4) is 11.5 Å². The van der Waals surface area contributed by atoms with E-state index in [-0.39, 0.29) is 5.91 Å². The standard InChI is InChI=1S/C31H34N2O3/c1-35-28-14-10-24(11-15-28)22-33(23-25-12-16-29(36-2)17-13-25)31(34)19-21-32-20-18-27-8-5-7-26-6-3-4-9-30(26)27/h3-17,32H,18-23H2,1-2H3. The van der Waals surface area contributed by atoms with Gasteiger partial charge in [0, 0.05) is 26.1 Å². The lowest BCUT2D eigenvalue weighted by Crippen LogP contribution is -2.33. The molecule has 0 spiro atoms. The Morgan fingerprint density at radius 2 is 1.31 bits per heavy atom. The van der Waals surface area contributed by atoms with Crippen molar-refractivity contribution in [3.05, 3.63) is 108 Å². The summed E-state index contributed by atoms with van der Waals surface area (Å²) in [5.74, 6) is 1.74. The molecule has 0 aliphatic rings. The third-order valence-electron chi connectivity index (χ3n) is 6.38. The lowest BCUT2D eigenvalue weighted by Gasteiger charge is -2.23. The van der Waals surface area contributed by atoms with Crippen LogP contribution >= 0.6 is 0 Å². The quantitative estimate of drug-likeness (QED) is 0.267. The smallest absolute Gasteiger partial charge is 0.224 e. The molecule has 1 amide bonds. The second kappa shape index (κ2) is 12.8. The number of amides is 1. The van der Waals surface area contributed by atoms with Crippen molar-refractivity contribution in [1.82, 2.24) is 10.2 Å². The van der Waals surface area contributed by atoms with Crippen LogP contribution in [0.15, 0.2) is 91.0 Å². The normalized spacial score (nSPS) is 10.8. The molecule has 0 aromatic heterocycles. The predicted molar refractivity (Wildman–Crippen MR) is 145 cm³/mol. The Morgan fingerprint density at radius 1 is 0.722 bits per heavy atom. The van der Waals surface area contributed by atoms with Gasteiger partial charge in [-0.1, -0.05) is 66.7 Å². The summed E-state index contributed by atoms with van der Waals surface area (Å²) >= 11 is 0. The molecule has 0 bridgehead atoms. The maximum Gasteiger partial charge on any atom is 0.224 e. The second-order valence-electron chi connectivity index (χ2n) is 8.83. The summed E-state index contributed by atoms with van der Waals surface area (Å²) in [4.78, 5) is 15.2. The van der Waals surface area contributed by atoms with Crippen molar-refractivity contribution in [1.29, 1.82) is 0 Å². The number of benzene rings is 4. The highest BCUT2D eigenvalue weighted by Crippen LogP contribution is 2.19. The van der Waals surface area contributed by atoms with Crippen molar-refractivity contribution in [2.45, 2.75) is 25.9 Å². The van der Waals surface area contributed by atoms with E-state index in [1.807, 2.05) is 53.4 Å². The molecule has 0 aliphatic carbocycles. The third kappa shape index (κ3) is 6.86. The van der Waals surface area contributed by atoms with Gasteiger partial charge in [0.05, 0.1) is 14.2 Å².